The molecule has 0 aromatic rings. The number of aliphatic carboxylic acids is 1. The van der Waals surface area contributed by atoms with Crippen LogP contribution in [0.25, 0.3) is 0 Å². The summed E-state index contributed by atoms with van der Waals surface area (Å²) in [5, 5.41) is 14.4. The second kappa shape index (κ2) is 5.86. The molecule has 0 radical (unpaired) electrons. The van der Waals surface area contributed by atoms with Crippen molar-refractivity contribution < 1.29 is 14.7 Å². The maximum Gasteiger partial charge on any atom is 0.315 e. The van der Waals surface area contributed by atoms with Crippen LogP contribution in [0.3, 0.4) is 0 Å². The molecule has 0 aliphatic carbocycles. The van der Waals surface area contributed by atoms with E-state index >= 15 is 0 Å². The van der Waals surface area contributed by atoms with Gasteiger partial charge in [-0.2, -0.15) is 0 Å². The quantitative estimate of drug-likeness (QED) is 0.512. The van der Waals surface area contributed by atoms with E-state index in [4.69, 9.17) is 10.8 Å². The lowest BCUT2D eigenvalue weighted by Gasteiger charge is -2.38. The average Bonchev–Trinajstić information content (AvgIpc) is 2.16. The Morgan fingerprint density at radius 3 is 2.18 bits per heavy atom. The van der Waals surface area contributed by atoms with Gasteiger partial charge in [-0.1, -0.05) is 0 Å². The Bertz CT molecular complexity index is 288. The number of nitrogens with two attached hydrogens (primary N) is 1. The molecule has 6 nitrogen and oxygen atoms in total. The van der Waals surface area contributed by atoms with Crippen LogP contribution in [0, 0.1) is 5.41 Å². The minimum atomic E-state index is -1.06. The lowest BCUT2D eigenvalue weighted by atomic mass is 9.74. The number of rotatable bonds is 6. The third-order valence-corrected chi connectivity index (χ3v) is 3.19. The third-order valence-electron chi connectivity index (χ3n) is 3.19. The molecule has 6 heteroatoms. The molecule has 0 aromatic heterocycles. The summed E-state index contributed by atoms with van der Waals surface area (Å²) in [6.45, 7) is 7.51. The summed E-state index contributed by atoms with van der Waals surface area (Å²) in [4.78, 5) is 22.7. The van der Waals surface area contributed by atoms with Crippen molar-refractivity contribution in [1.29, 1.82) is 0 Å². The Morgan fingerprint density at radius 2 is 1.76 bits per heavy atom. The Labute approximate surface area is 102 Å². The zero-order chi connectivity index (χ0) is 13.7. The topological polar surface area (TPSA) is 104 Å². The van der Waals surface area contributed by atoms with Gasteiger partial charge in [0.05, 0.1) is 11.0 Å². The van der Waals surface area contributed by atoms with E-state index in [1.807, 2.05) is 0 Å². The van der Waals surface area contributed by atoms with E-state index in [0.717, 1.165) is 0 Å². The Kier molecular flexibility index (Phi) is 5.41. The molecule has 0 saturated heterocycles. The summed E-state index contributed by atoms with van der Waals surface area (Å²) < 4.78 is 0. The largest absolute Gasteiger partial charge is 0.481 e. The SMILES string of the molecule is CC(C)(NC(=O)NCCCN)C(C)(C)C(=O)O. The van der Waals surface area contributed by atoms with Crippen LogP contribution in [-0.2, 0) is 4.79 Å². The summed E-state index contributed by atoms with van der Waals surface area (Å²) in [6, 6.07) is -0.377. The predicted molar refractivity (Wildman–Crippen MR) is 65.7 cm³/mol. The summed E-state index contributed by atoms with van der Waals surface area (Å²) >= 11 is 0. The van der Waals surface area contributed by atoms with Gasteiger partial charge in [0.15, 0.2) is 0 Å². The van der Waals surface area contributed by atoms with E-state index in [0.29, 0.717) is 19.5 Å². The van der Waals surface area contributed by atoms with Crippen LogP contribution >= 0.6 is 0 Å². The lowest BCUT2D eigenvalue weighted by Crippen LogP contribution is -2.59. The highest BCUT2D eigenvalue weighted by Crippen LogP contribution is 2.30. The van der Waals surface area contributed by atoms with Gasteiger partial charge in [0, 0.05) is 6.54 Å². The molecule has 0 bridgehead atoms. The molecular weight excluding hydrogens is 222 g/mol. The second-order valence-electron chi connectivity index (χ2n) is 5.08. The van der Waals surface area contributed by atoms with Crippen LogP contribution in [0.5, 0.6) is 0 Å². The molecule has 5 N–H and O–H groups in total. The summed E-state index contributed by atoms with van der Waals surface area (Å²) in [6.07, 6.45) is 0.691. The summed E-state index contributed by atoms with van der Waals surface area (Å²) in [5.41, 5.74) is 3.39. The van der Waals surface area contributed by atoms with Crippen molar-refractivity contribution in [2.24, 2.45) is 11.1 Å². The van der Waals surface area contributed by atoms with Gasteiger partial charge in [-0.25, -0.2) is 4.79 Å². The number of carbonyl (C=O) groups is 2. The number of urea groups is 1. The van der Waals surface area contributed by atoms with E-state index in [1.54, 1.807) is 27.7 Å². The van der Waals surface area contributed by atoms with Crippen molar-refractivity contribution in [3.63, 3.8) is 0 Å². The molecule has 0 saturated carbocycles. The highest BCUT2D eigenvalue weighted by molar-refractivity contribution is 5.79. The van der Waals surface area contributed by atoms with Crippen LogP contribution in [0.4, 0.5) is 4.79 Å². The fraction of sp³-hybridized carbons (Fsp3) is 0.818. The molecule has 0 spiro atoms. The molecule has 100 valence electrons. The monoisotopic (exact) mass is 245 g/mol. The fourth-order valence-electron chi connectivity index (χ4n) is 1.06. The lowest BCUT2D eigenvalue weighted by molar-refractivity contribution is -0.150. The standard InChI is InChI=1S/C11H23N3O3/c1-10(2,8(15)16)11(3,4)14-9(17)13-7-5-6-12/h5-7,12H2,1-4H3,(H,15,16)(H2,13,14,17). The first-order chi connectivity index (χ1) is 7.65. The molecule has 17 heavy (non-hydrogen) atoms. The molecule has 0 unspecified atom stereocenters. The highest BCUT2D eigenvalue weighted by atomic mass is 16.4. The van der Waals surface area contributed by atoms with Crippen molar-refractivity contribution >= 4 is 12.0 Å². The van der Waals surface area contributed by atoms with Gasteiger partial charge in [-0.3, -0.25) is 4.79 Å². The van der Waals surface area contributed by atoms with Crippen LogP contribution < -0.4 is 16.4 Å². The fourth-order valence-corrected chi connectivity index (χ4v) is 1.06. The Hall–Kier alpha value is -1.30. The van der Waals surface area contributed by atoms with E-state index < -0.39 is 16.9 Å². The van der Waals surface area contributed by atoms with E-state index in [1.165, 1.54) is 0 Å². The van der Waals surface area contributed by atoms with E-state index in [-0.39, 0.29) is 6.03 Å². The normalized spacial score (nSPS) is 12.1. The molecule has 0 heterocycles. The van der Waals surface area contributed by atoms with Crippen LogP contribution in [-0.4, -0.2) is 35.7 Å². The number of carboxylic acids is 1. The molecule has 0 aromatic carbocycles. The number of carbonyl (C=O) groups excluding carboxylic acids is 1. The maximum atomic E-state index is 11.5. The maximum absolute atomic E-state index is 11.5. The van der Waals surface area contributed by atoms with E-state index in [9.17, 15) is 9.59 Å². The van der Waals surface area contributed by atoms with Crippen molar-refractivity contribution in [1.82, 2.24) is 10.6 Å². The average molecular weight is 245 g/mol. The van der Waals surface area contributed by atoms with Gasteiger partial charge >= 0.3 is 12.0 Å². The molecule has 0 fully saturated rings. The molecule has 0 aliphatic rings. The highest BCUT2D eigenvalue weighted by Gasteiger charge is 2.44. The van der Waals surface area contributed by atoms with Gasteiger partial charge < -0.3 is 21.5 Å². The predicted octanol–water partition coefficient (Wildman–Crippen LogP) is 0.524. The second-order valence-corrected chi connectivity index (χ2v) is 5.08. The molecule has 0 rings (SSSR count). The van der Waals surface area contributed by atoms with Crippen molar-refractivity contribution in [2.75, 3.05) is 13.1 Å². The minimum absolute atomic E-state index is 0.377. The van der Waals surface area contributed by atoms with Crippen LogP contribution in [0.1, 0.15) is 34.1 Å². The first-order valence-electron chi connectivity index (χ1n) is 5.64. The summed E-state index contributed by atoms with van der Waals surface area (Å²) in [7, 11) is 0. The minimum Gasteiger partial charge on any atom is -0.481 e. The van der Waals surface area contributed by atoms with Crippen molar-refractivity contribution in [3.8, 4) is 0 Å². The summed E-state index contributed by atoms with van der Waals surface area (Å²) in [5.74, 6) is -0.954. The van der Waals surface area contributed by atoms with Gasteiger partial charge in [-0.15, -0.1) is 0 Å². The van der Waals surface area contributed by atoms with Crippen LogP contribution in [0.15, 0.2) is 0 Å². The molecule has 0 aliphatic heterocycles. The van der Waals surface area contributed by atoms with Gasteiger partial charge in [0.2, 0.25) is 0 Å². The van der Waals surface area contributed by atoms with E-state index in [2.05, 4.69) is 10.6 Å². The van der Waals surface area contributed by atoms with Crippen LogP contribution in [0.2, 0.25) is 0 Å². The molecule has 2 amide bonds. The number of nitrogens with one attached hydrogen (secondary N) is 2. The number of amides is 2. The van der Waals surface area contributed by atoms with Gasteiger partial charge in [-0.05, 0) is 40.7 Å². The zero-order valence-electron chi connectivity index (χ0n) is 11.0. The number of hydrogen-bond acceptors (Lipinski definition) is 3. The van der Waals surface area contributed by atoms with Crippen molar-refractivity contribution in [3.05, 3.63) is 0 Å². The Morgan fingerprint density at radius 1 is 1.24 bits per heavy atom. The van der Waals surface area contributed by atoms with Gasteiger partial charge in [0.25, 0.3) is 0 Å². The first kappa shape index (κ1) is 15.7. The molecule has 0 atom stereocenters. The van der Waals surface area contributed by atoms with Gasteiger partial charge in [0.1, 0.15) is 0 Å². The third kappa shape index (κ3) is 4.22. The number of hydrogen-bond donors (Lipinski definition) is 4. The molecular formula is C11H23N3O3. The Balaban J connectivity index is 4.44. The smallest absolute Gasteiger partial charge is 0.315 e. The zero-order valence-corrected chi connectivity index (χ0v) is 11.0. The van der Waals surface area contributed by atoms with Crippen molar-refractivity contribution in [2.45, 2.75) is 39.7 Å². The first-order valence-corrected chi connectivity index (χ1v) is 5.64. The number of carboxylic acid groups (broad SMARTS) is 1.